The Morgan fingerprint density at radius 1 is 1.29 bits per heavy atom. The van der Waals surface area contributed by atoms with Gasteiger partial charge >= 0.3 is 0 Å². The van der Waals surface area contributed by atoms with Crippen LogP contribution in [0, 0.1) is 5.92 Å². The SMILES string of the molecule is CCCNc1nc(NCC(CC)CCO)c2cn[nH]c2n1. The van der Waals surface area contributed by atoms with Crippen molar-refractivity contribution in [1.82, 2.24) is 20.2 Å². The standard InChI is InChI=1S/C14H24N6O/c1-3-6-15-14-18-12(11-9-17-20-13(11)19-14)16-8-10(4-2)5-7-21/h9-10,21H,3-8H2,1-2H3,(H3,15,16,17,18,19,20). The summed E-state index contributed by atoms with van der Waals surface area (Å²) in [6.45, 7) is 6.06. The van der Waals surface area contributed by atoms with Gasteiger partial charge in [0.05, 0.1) is 11.6 Å². The van der Waals surface area contributed by atoms with Crippen molar-refractivity contribution in [1.29, 1.82) is 0 Å². The molecule has 0 saturated carbocycles. The van der Waals surface area contributed by atoms with Crippen molar-refractivity contribution in [2.45, 2.75) is 33.1 Å². The molecular formula is C14H24N6O. The van der Waals surface area contributed by atoms with Crippen LogP contribution in [-0.4, -0.2) is 45.0 Å². The Balaban J connectivity index is 2.14. The van der Waals surface area contributed by atoms with E-state index in [1.165, 1.54) is 0 Å². The van der Waals surface area contributed by atoms with Crippen molar-refractivity contribution in [2.75, 3.05) is 30.3 Å². The normalized spacial score (nSPS) is 12.5. The number of fused-ring (bicyclic) bond motifs is 1. The highest BCUT2D eigenvalue weighted by atomic mass is 16.3. The second kappa shape index (κ2) is 7.78. The molecule has 2 aromatic rings. The maximum atomic E-state index is 9.07. The Bertz CT molecular complexity index is 555. The molecule has 0 aromatic carbocycles. The van der Waals surface area contributed by atoms with E-state index in [2.05, 4.69) is 44.6 Å². The summed E-state index contributed by atoms with van der Waals surface area (Å²) in [5.41, 5.74) is 0.723. The number of H-pyrrole nitrogens is 1. The molecule has 0 bridgehead atoms. The van der Waals surface area contributed by atoms with E-state index in [9.17, 15) is 0 Å². The lowest BCUT2D eigenvalue weighted by Gasteiger charge is -2.15. The topological polar surface area (TPSA) is 98.8 Å². The van der Waals surface area contributed by atoms with Gasteiger partial charge in [-0.2, -0.15) is 15.1 Å². The van der Waals surface area contributed by atoms with E-state index >= 15 is 0 Å². The van der Waals surface area contributed by atoms with E-state index in [0.29, 0.717) is 11.9 Å². The van der Waals surface area contributed by atoms with Gasteiger partial charge in [-0.15, -0.1) is 0 Å². The first-order valence-electron chi connectivity index (χ1n) is 7.58. The van der Waals surface area contributed by atoms with E-state index in [4.69, 9.17) is 5.11 Å². The summed E-state index contributed by atoms with van der Waals surface area (Å²) in [7, 11) is 0. The average Bonchev–Trinajstić information content (AvgIpc) is 2.97. The van der Waals surface area contributed by atoms with Gasteiger partial charge in [-0.05, 0) is 18.8 Å². The first-order chi connectivity index (χ1) is 10.3. The van der Waals surface area contributed by atoms with Crippen LogP contribution in [0.25, 0.3) is 11.0 Å². The molecular weight excluding hydrogens is 268 g/mol. The van der Waals surface area contributed by atoms with Crippen molar-refractivity contribution >= 4 is 22.8 Å². The summed E-state index contributed by atoms with van der Waals surface area (Å²) in [6, 6.07) is 0. The molecule has 116 valence electrons. The van der Waals surface area contributed by atoms with Crippen LogP contribution in [0.15, 0.2) is 6.20 Å². The molecule has 1 atom stereocenters. The van der Waals surface area contributed by atoms with Crippen molar-refractivity contribution in [3.8, 4) is 0 Å². The third-order valence-electron chi connectivity index (χ3n) is 3.52. The highest BCUT2D eigenvalue weighted by Gasteiger charge is 2.11. The first kappa shape index (κ1) is 15.5. The van der Waals surface area contributed by atoms with Gasteiger partial charge in [-0.1, -0.05) is 20.3 Å². The van der Waals surface area contributed by atoms with Crippen molar-refractivity contribution in [3.63, 3.8) is 0 Å². The minimum Gasteiger partial charge on any atom is -0.396 e. The quantitative estimate of drug-likeness (QED) is 0.564. The highest BCUT2D eigenvalue weighted by molar-refractivity contribution is 5.86. The monoisotopic (exact) mass is 292 g/mol. The second-order valence-electron chi connectivity index (χ2n) is 5.12. The molecule has 21 heavy (non-hydrogen) atoms. The molecule has 0 radical (unpaired) electrons. The van der Waals surface area contributed by atoms with Gasteiger partial charge in [0, 0.05) is 19.7 Å². The van der Waals surface area contributed by atoms with E-state index in [-0.39, 0.29) is 6.61 Å². The molecule has 0 aliphatic carbocycles. The lowest BCUT2D eigenvalue weighted by atomic mass is 10.0. The van der Waals surface area contributed by atoms with Gasteiger partial charge in [0.1, 0.15) is 5.82 Å². The van der Waals surface area contributed by atoms with Crippen molar-refractivity contribution in [2.24, 2.45) is 5.92 Å². The number of hydrogen-bond donors (Lipinski definition) is 4. The van der Waals surface area contributed by atoms with Crippen LogP contribution in [0.3, 0.4) is 0 Å². The van der Waals surface area contributed by atoms with Crippen LogP contribution in [0.1, 0.15) is 33.1 Å². The molecule has 1 unspecified atom stereocenters. The lowest BCUT2D eigenvalue weighted by molar-refractivity contribution is 0.258. The number of aromatic nitrogens is 4. The lowest BCUT2D eigenvalue weighted by Crippen LogP contribution is -2.16. The molecule has 0 fully saturated rings. The Kier molecular flexibility index (Phi) is 5.74. The van der Waals surface area contributed by atoms with Gasteiger partial charge < -0.3 is 15.7 Å². The number of aliphatic hydroxyl groups is 1. The number of aliphatic hydroxyl groups excluding tert-OH is 1. The summed E-state index contributed by atoms with van der Waals surface area (Å²) in [5.74, 6) is 1.81. The molecule has 2 rings (SSSR count). The number of anilines is 2. The number of hydrogen-bond acceptors (Lipinski definition) is 6. The van der Waals surface area contributed by atoms with Gasteiger partial charge in [0.15, 0.2) is 5.65 Å². The van der Waals surface area contributed by atoms with E-state index < -0.39 is 0 Å². The zero-order valence-corrected chi connectivity index (χ0v) is 12.7. The van der Waals surface area contributed by atoms with Crippen molar-refractivity contribution in [3.05, 3.63) is 6.20 Å². The summed E-state index contributed by atoms with van der Waals surface area (Å²) in [4.78, 5) is 8.92. The highest BCUT2D eigenvalue weighted by Crippen LogP contribution is 2.21. The first-order valence-corrected chi connectivity index (χ1v) is 7.58. The Hall–Kier alpha value is -1.89. The molecule has 7 nitrogen and oxygen atoms in total. The Morgan fingerprint density at radius 2 is 2.14 bits per heavy atom. The molecule has 7 heteroatoms. The number of nitrogens with zero attached hydrogens (tertiary/aromatic N) is 3. The molecule has 0 amide bonds. The summed E-state index contributed by atoms with van der Waals surface area (Å²) in [5, 5.41) is 23.4. The number of nitrogens with one attached hydrogen (secondary N) is 3. The largest absolute Gasteiger partial charge is 0.396 e. The predicted molar refractivity (Wildman–Crippen MR) is 84.4 cm³/mol. The Labute approximate surface area is 124 Å². The fourth-order valence-electron chi connectivity index (χ4n) is 2.16. The van der Waals surface area contributed by atoms with Gasteiger partial charge in [0.25, 0.3) is 0 Å². The van der Waals surface area contributed by atoms with Crippen LogP contribution in [0.5, 0.6) is 0 Å². The molecule has 4 N–H and O–H groups in total. The zero-order valence-electron chi connectivity index (χ0n) is 12.7. The van der Waals surface area contributed by atoms with E-state index in [1.807, 2.05) is 0 Å². The Morgan fingerprint density at radius 3 is 2.86 bits per heavy atom. The third-order valence-corrected chi connectivity index (χ3v) is 3.52. The van der Waals surface area contributed by atoms with Gasteiger partial charge in [-0.25, -0.2) is 0 Å². The zero-order chi connectivity index (χ0) is 15.1. The summed E-state index contributed by atoms with van der Waals surface area (Å²) >= 11 is 0. The molecule has 0 aliphatic rings. The second-order valence-corrected chi connectivity index (χ2v) is 5.12. The fourth-order valence-corrected chi connectivity index (χ4v) is 2.16. The summed E-state index contributed by atoms with van der Waals surface area (Å²) in [6.07, 6.45) is 4.56. The molecule has 2 heterocycles. The number of aromatic amines is 1. The van der Waals surface area contributed by atoms with Crippen LogP contribution in [0.4, 0.5) is 11.8 Å². The minimum atomic E-state index is 0.217. The molecule has 0 saturated heterocycles. The average molecular weight is 292 g/mol. The molecule has 2 aromatic heterocycles. The van der Waals surface area contributed by atoms with E-state index in [1.54, 1.807) is 6.20 Å². The maximum absolute atomic E-state index is 9.07. The third kappa shape index (κ3) is 4.04. The van der Waals surface area contributed by atoms with Gasteiger partial charge in [-0.3, -0.25) is 5.10 Å². The fraction of sp³-hybridized carbons (Fsp3) is 0.643. The number of rotatable bonds is 9. The van der Waals surface area contributed by atoms with Crippen LogP contribution < -0.4 is 10.6 Å². The predicted octanol–water partition coefficient (Wildman–Crippen LogP) is 2.00. The van der Waals surface area contributed by atoms with Crippen LogP contribution >= 0.6 is 0 Å². The molecule has 0 aliphatic heterocycles. The van der Waals surface area contributed by atoms with Crippen LogP contribution in [0.2, 0.25) is 0 Å². The van der Waals surface area contributed by atoms with Crippen LogP contribution in [-0.2, 0) is 0 Å². The minimum absolute atomic E-state index is 0.217. The summed E-state index contributed by atoms with van der Waals surface area (Å²) < 4.78 is 0. The van der Waals surface area contributed by atoms with Gasteiger partial charge in [0.2, 0.25) is 5.95 Å². The maximum Gasteiger partial charge on any atom is 0.226 e. The van der Waals surface area contributed by atoms with E-state index in [0.717, 1.165) is 49.2 Å². The van der Waals surface area contributed by atoms with Crippen molar-refractivity contribution < 1.29 is 5.11 Å². The smallest absolute Gasteiger partial charge is 0.226 e. The molecule has 0 spiro atoms.